The third kappa shape index (κ3) is 4.82. The molecule has 2 heterocycles. The molecule has 7 nitrogen and oxygen atoms in total. The van der Waals surface area contributed by atoms with Crippen molar-refractivity contribution in [3.8, 4) is 11.1 Å². The average Bonchev–Trinajstić information content (AvgIpc) is 2.80. The molecule has 0 aliphatic carbocycles. The minimum Gasteiger partial charge on any atom is -0.480 e. The minimum atomic E-state index is -1.14. The van der Waals surface area contributed by atoms with Gasteiger partial charge in [-0.2, -0.15) is 0 Å². The van der Waals surface area contributed by atoms with Crippen molar-refractivity contribution in [1.29, 1.82) is 0 Å². The lowest BCUT2D eigenvalue weighted by molar-refractivity contribution is -0.137. The van der Waals surface area contributed by atoms with Gasteiger partial charge in [0.05, 0.1) is 5.69 Å². The van der Waals surface area contributed by atoms with Crippen molar-refractivity contribution in [3.63, 3.8) is 0 Å². The van der Waals surface area contributed by atoms with Crippen molar-refractivity contribution in [2.45, 2.75) is 26.3 Å². The van der Waals surface area contributed by atoms with Crippen LogP contribution in [0.15, 0.2) is 78.0 Å². The fourth-order valence-electron chi connectivity index (χ4n) is 3.69. The first-order chi connectivity index (χ1) is 15.8. The summed E-state index contributed by atoms with van der Waals surface area (Å²) in [5.74, 6) is -1.10. The molecule has 2 N–H and O–H groups in total. The van der Waals surface area contributed by atoms with Crippen molar-refractivity contribution < 1.29 is 14.7 Å². The van der Waals surface area contributed by atoms with Gasteiger partial charge in [-0.1, -0.05) is 38.1 Å². The summed E-state index contributed by atoms with van der Waals surface area (Å²) in [5, 5.41) is 13.8. The van der Waals surface area contributed by atoms with E-state index in [-0.39, 0.29) is 5.91 Å². The molecule has 0 radical (unpaired) electrons. The highest BCUT2D eigenvalue weighted by molar-refractivity contribution is 6.05. The smallest absolute Gasteiger partial charge is 0.323 e. The molecule has 0 bridgehead atoms. The van der Waals surface area contributed by atoms with E-state index in [1.54, 1.807) is 24.4 Å². The standard InChI is InChI=1S/C26H23N3O4/c1-16(2)17-6-8-22-20(10-17)12-27-13-23(22)18-4-3-5-19(11-18)26(33)28-21-7-9-24(30)29(14-21)15-25(31)32/h3-14,16H,15H2,1-2H3,(H,28,33)(H,31,32). The van der Waals surface area contributed by atoms with Gasteiger partial charge in [0.15, 0.2) is 0 Å². The van der Waals surface area contributed by atoms with E-state index in [2.05, 4.69) is 42.3 Å². The molecule has 0 aliphatic heterocycles. The van der Waals surface area contributed by atoms with Crippen molar-refractivity contribution in [2.24, 2.45) is 0 Å². The van der Waals surface area contributed by atoms with Gasteiger partial charge in [0.25, 0.3) is 11.5 Å². The zero-order valence-electron chi connectivity index (χ0n) is 18.3. The van der Waals surface area contributed by atoms with Gasteiger partial charge in [0.2, 0.25) is 0 Å². The normalized spacial score (nSPS) is 11.0. The first-order valence-electron chi connectivity index (χ1n) is 10.5. The summed E-state index contributed by atoms with van der Waals surface area (Å²) in [7, 11) is 0. The van der Waals surface area contributed by atoms with Crippen LogP contribution in [0.2, 0.25) is 0 Å². The molecule has 0 fully saturated rings. The van der Waals surface area contributed by atoms with E-state index in [0.717, 1.165) is 26.5 Å². The topological polar surface area (TPSA) is 101 Å². The number of aromatic nitrogens is 2. The summed E-state index contributed by atoms with van der Waals surface area (Å²) in [6, 6.07) is 16.2. The molecule has 0 atom stereocenters. The van der Waals surface area contributed by atoms with Crippen LogP contribution in [0.3, 0.4) is 0 Å². The van der Waals surface area contributed by atoms with Crippen LogP contribution in [0.1, 0.15) is 35.7 Å². The van der Waals surface area contributed by atoms with Gasteiger partial charge in [-0.05, 0) is 46.7 Å². The molecule has 2 aromatic carbocycles. The molecular weight excluding hydrogens is 418 g/mol. The van der Waals surface area contributed by atoms with Gasteiger partial charge in [-0.3, -0.25) is 19.4 Å². The first kappa shape index (κ1) is 22.0. The number of carbonyl (C=O) groups excluding carboxylic acids is 1. The number of carbonyl (C=O) groups is 2. The van der Waals surface area contributed by atoms with Crippen LogP contribution in [0.25, 0.3) is 21.9 Å². The predicted molar refractivity (Wildman–Crippen MR) is 128 cm³/mol. The predicted octanol–water partition coefficient (Wildman–Crippen LogP) is 4.52. The zero-order chi connectivity index (χ0) is 23.5. The van der Waals surface area contributed by atoms with Crippen LogP contribution in [-0.4, -0.2) is 26.5 Å². The Bertz CT molecular complexity index is 1420. The van der Waals surface area contributed by atoms with E-state index in [0.29, 0.717) is 17.2 Å². The van der Waals surface area contributed by atoms with Crippen LogP contribution in [0, 0.1) is 0 Å². The van der Waals surface area contributed by atoms with Gasteiger partial charge >= 0.3 is 5.97 Å². The van der Waals surface area contributed by atoms with Gasteiger partial charge in [0.1, 0.15) is 6.54 Å². The number of rotatable bonds is 6. The lowest BCUT2D eigenvalue weighted by atomic mass is 9.95. The second-order valence-corrected chi connectivity index (χ2v) is 8.13. The number of anilines is 1. The van der Waals surface area contributed by atoms with Crippen molar-refractivity contribution in [3.05, 3.63) is 94.7 Å². The molecule has 1 amide bonds. The number of nitrogens with one attached hydrogen (secondary N) is 1. The van der Waals surface area contributed by atoms with Crippen molar-refractivity contribution in [2.75, 3.05) is 5.32 Å². The highest BCUT2D eigenvalue weighted by Crippen LogP contribution is 2.30. The second-order valence-electron chi connectivity index (χ2n) is 8.13. The highest BCUT2D eigenvalue weighted by Gasteiger charge is 2.12. The lowest BCUT2D eigenvalue weighted by Crippen LogP contribution is -2.24. The molecular formula is C26H23N3O4. The summed E-state index contributed by atoms with van der Waals surface area (Å²) in [5.41, 5.74) is 3.32. The highest BCUT2D eigenvalue weighted by atomic mass is 16.4. The Morgan fingerprint density at radius 3 is 2.64 bits per heavy atom. The summed E-state index contributed by atoms with van der Waals surface area (Å²) in [6.45, 7) is 3.81. The second kappa shape index (κ2) is 9.08. The van der Waals surface area contributed by atoms with Crippen LogP contribution in [0.4, 0.5) is 5.69 Å². The monoisotopic (exact) mass is 441 g/mol. The number of fused-ring (bicyclic) bond motifs is 1. The fourth-order valence-corrected chi connectivity index (χ4v) is 3.69. The Kier molecular flexibility index (Phi) is 6.04. The third-order valence-corrected chi connectivity index (χ3v) is 5.43. The number of hydrogen-bond donors (Lipinski definition) is 2. The molecule has 4 rings (SSSR count). The van der Waals surface area contributed by atoms with Gasteiger partial charge in [0, 0.05) is 41.2 Å². The third-order valence-electron chi connectivity index (χ3n) is 5.43. The summed E-state index contributed by atoms with van der Waals surface area (Å²) >= 11 is 0. The Labute approximate surface area is 190 Å². The number of hydrogen-bond acceptors (Lipinski definition) is 4. The van der Waals surface area contributed by atoms with Gasteiger partial charge in [-0.25, -0.2) is 0 Å². The number of amides is 1. The molecule has 4 aromatic rings. The lowest BCUT2D eigenvalue weighted by Gasteiger charge is -2.12. The van der Waals surface area contributed by atoms with E-state index in [4.69, 9.17) is 5.11 Å². The molecule has 0 saturated heterocycles. The molecule has 33 heavy (non-hydrogen) atoms. The number of carboxylic acids is 1. The maximum Gasteiger partial charge on any atom is 0.323 e. The summed E-state index contributed by atoms with van der Waals surface area (Å²) in [6.07, 6.45) is 4.95. The molecule has 0 unspecified atom stereocenters. The van der Waals surface area contributed by atoms with Gasteiger partial charge in [-0.15, -0.1) is 0 Å². The average molecular weight is 441 g/mol. The Balaban J connectivity index is 1.64. The Morgan fingerprint density at radius 2 is 1.88 bits per heavy atom. The number of aliphatic carboxylic acids is 1. The number of benzene rings is 2. The molecule has 166 valence electrons. The Morgan fingerprint density at radius 1 is 1.06 bits per heavy atom. The van der Waals surface area contributed by atoms with E-state index < -0.39 is 18.1 Å². The molecule has 0 aliphatic rings. The maximum absolute atomic E-state index is 12.9. The molecule has 0 saturated carbocycles. The van der Waals surface area contributed by atoms with Crippen LogP contribution >= 0.6 is 0 Å². The molecule has 0 spiro atoms. The van der Waals surface area contributed by atoms with Crippen molar-refractivity contribution in [1.82, 2.24) is 9.55 Å². The number of carboxylic acid groups (broad SMARTS) is 1. The fraction of sp³-hybridized carbons (Fsp3) is 0.154. The van der Waals surface area contributed by atoms with E-state index >= 15 is 0 Å². The number of pyridine rings is 2. The quantitative estimate of drug-likeness (QED) is 0.458. The minimum absolute atomic E-state index is 0.333. The summed E-state index contributed by atoms with van der Waals surface area (Å²) in [4.78, 5) is 40.0. The van der Waals surface area contributed by atoms with Crippen LogP contribution in [-0.2, 0) is 11.3 Å². The maximum atomic E-state index is 12.9. The SMILES string of the molecule is CC(C)c1ccc2c(-c3cccc(C(=O)Nc4ccc(=O)n(CC(=O)O)c4)c3)cncc2c1. The van der Waals surface area contributed by atoms with Crippen LogP contribution in [0.5, 0.6) is 0 Å². The largest absolute Gasteiger partial charge is 0.480 e. The summed E-state index contributed by atoms with van der Waals surface area (Å²) < 4.78 is 1.03. The zero-order valence-corrected chi connectivity index (χ0v) is 18.3. The number of nitrogens with zero attached hydrogens (tertiary/aromatic N) is 2. The van der Waals surface area contributed by atoms with Gasteiger partial charge < -0.3 is 15.0 Å². The van der Waals surface area contributed by atoms with E-state index in [1.165, 1.54) is 23.9 Å². The molecule has 7 heteroatoms. The molecule has 2 aromatic heterocycles. The van der Waals surface area contributed by atoms with Crippen molar-refractivity contribution >= 4 is 28.3 Å². The first-order valence-corrected chi connectivity index (χ1v) is 10.5. The van der Waals surface area contributed by atoms with E-state index in [1.807, 2.05) is 12.3 Å². The van der Waals surface area contributed by atoms with Crippen LogP contribution < -0.4 is 10.9 Å². The Hall–Kier alpha value is -4.26. The van der Waals surface area contributed by atoms with E-state index in [9.17, 15) is 14.4 Å².